The molecular formula is C13H21N3O. The van der Waals surface area contributed by atoms with Gasteiger partial charge in [-0.2, -0.15) is 4.98 Å². The Morgan fingerprint density at radius 1 is 1.41 bits per heavy atom. The molecule has 0 saturated heterocycles. The van der Waals surface area contributed by atoms with Crippen molar-refractivity contribution in [1.82, 2.24) is 9.97 Å². The van der Waals surface area contributed by atoms with Gasteiger partial charge in [-0.3, -0.25) is 0 Å². The molecule has 0 bridgehead atoms. The van der Waals surface area contributed by atoms with E-state index in [2.05, 4.69) is 15.3 Å². The summed E-state index contributed by atoms with van der Waals surface area (Å²) in [6.45, 7) is 5.50. The first-order valence-corrected chi connectivity index (χ1v) is 6.50. The Hall–Kier alpha value is -1.32. The van der Waals surface area contributed by atoms with Gasteiger partial charge in [0.2, 0.25) is 11.8 Å². The Morgan fingerprint density at radius 2 is 2.24 bits per heavy atom. The molecule has 1 aliphatic carbocycles. The van der Waals surface area contributed by atoms with Gasteiger partial charge in [0, 0.05) is 18.3 Å². The predicted molar refractivity (Wildman–Crippen MR) is 68.4 cm³/mol. The van der Waals surface area contributed by atoms with Gasteiger partial charge in [-0.05, 0) is 32.6 Å². The van der Waals surface area contributed by atoms with Gasteiger partial charge in [0.1, 0.15) is 0 Å². The zero-order valence-electron chi connectivity index (χ0n) is 10.7. The van der Waals surface area contributed by atoms with Crippen LogP contribution in [0.25, 0.3) is 0 Å². The Kier molecular flexibility index (Phi) is 4.18. The fourth-order valence-electron chi connectivity index (χ4n) is 1.84. The first kappa shape index (κ1) is 12.1. The summed E-state index contributed by atoms with van der Waals surface area (Å²) in [6, 6.07) is 1.86. The van der Waals surface area contributed by atoms with E-state index in [9.17, 15) is 0 Å². The summed E-state index contributed by atoms with van der Waals surface area (Å²) in [5.74, 6) is 2.34. The Balaban J connectivity index is 1.80. The lowest BCUT2D eigenvalue weighted by molar-refractivity contribution is 0.326. The van der Waals surface area contributed by atoms with E-state index in [0.717, 1.165) is 18.2 Å². The van der Waals surface area contributed by atoms with Crippen molar-refractivity contribution in [3.63, 3.8) is 0 Å². The first-order valence-electron chi connectivity index (χ1n) is 6.50. The molecule has 0 spiro atoms. The molecule has 0 aromatic carbocycles. The van der Waals surface area contributed by atoms with Crippen LogP contribution in [0.4, 0.5) is 5.95 Å². The summed E-state index contributed by atoms with van der Waals surface area (Å²) < 4.78 is 5.39. The highest BCUT2D eigenvalue weighted by Gasteiger charge is 2.19. The zero-order chi connectivity index (χ0) is 12.1. The van der Waals surface area contributed by atoms with E-state index in [0.29, 0.717) is 18.4 Å². The fourth-order valence-corrected chi connectivity index (χ4v) is 1.84. The van der Waals surface area contributed by atoms with E-state index in [4.69, 9.17) is 4.74 Å². The number of ether oxygens (including phenoxy) is 1. The van der Waals surface area contributed by atoms with E-state index in [1.807, 2.05) is 19.9 Å². The van der Waals surface area contributed by atoms with Crippen molar-refractivity contribution in [2.75, 3.05) is 18.5 Å². The summed E-state index contributed by atoms with van der Waals surface area (Å²) in [4.78, 5) is 8.66. The molecule has 1 saturated carbocycles. The summed E-state index contributed by atoms with van der Waals surface area (Å²) in [5, 5.41) is 3.27. The Bertz CT molecular complexity index is 364. The van der Waals surface area contributed by atoms with E-state index in [1.54, 1.807) is 0 Å². The van der Waals surface area contributed by atoms with Crippen LogP contribution < -0.4 is 10.1 Å². The average molecular weight is 235 g/mol. The second kappa shape index (κ2) is 5.84. The number of nitrogens with zero attached hydrogens (tertiary/aromatic N) is 2. The largest absolute Gasteiger partial charge is 0.478 e. The topological polar surface area (TPSA) is 47.0 Å². The summed E-state index contributed by atoms with van der Waals surface area (Å²) in [6.07, 6.45) is 5.38. The molecule has 1 fully saturated rings. The lowest BCUT2D eigenvalue weighted by Gasteiger charge is -2.08. The number of aryl methyl sites for hydroxylation is 1. The molecule has 1 heterocycles. The van der Waals surface area contributed by atoms with Crippen LogP contribution in [0.2, 0.25) is 0 Å². The van der Waals surface area contributed by atoms with Crippen molar-refractivity contribution in [3.05, 3.63) is 11.8 Å². The molecule has 0 aliphatic heterocycles. The number of rotatable bonds is 7. The van der Waals surface area contributed by atoms with Crippen LogP contribution in [-0.4, -0.2) is 23.1 Å². The molecule has 17 heavy (non-hydrogen) atoms. The second-order valence-electron chi connectivity index (χ2n) is 4.62. The lowest BCUT2D eigenvalue weighted by Crippen LogP contribution is -2.07. The maximum absolute atomic E-state index is 5.39. The van der Waals surface area contributed by atoms with Gasteiger partial charge in [-0.25, -0.2) is 4.98 Å². The van der Waals surface area contributed by atoms with Crippen LogP contribution in [-0.2, 0) is 0 Å². The summed E-state index contributed by atoms with van der Waals surface area (Å²) in [5.41, 5.74) is 0.938. The molecule has 1 aliphatic rings. The standard InChI is InChI=1S/C13H21N3O/c1-3-17-12-9-10(2)15-13(16-12)14-8-4-5-11-6-7-11/h9,11H,3-8H2,1-2H3,(H,14,15,16). The van der Waals surface area contributed by atoms with Gasteiger partial charge in [-0.1, -0.05) is 12.8 Å². The third-order valence-corrected chi connectivity index (χ3v) is 2.89. The SMILES string of the molecule is CCOc1cc(C)nc(NCCCC2CC2)n1. The number of nitrogens with one attached hydrogen (secondary N) is 1. The molecule has 1 aromatic rings. The van der Waals surface area contributed by atoms with Crippen LogP contribution in [0.15, 0.2) is 6.07 Å². The Labute approximate surface area is 103 Å². The van der Waals surface area contributed by atoms with Crippen LogP contribution in [0.3, 0.4) is 0 Å². The van der Waals surface area contributed by atoms with Gasteiger partial charge in [0.25, 0.3) is 0 Å². The third-order valence-electron chi connectivity index (χ3n) is 2.89. The van der Waals surface area contributed by atoms with Gasteiger partial charge < -0.3 is 10.1 Å². The molecule has 1 aromatic heterocycles. The molecule has 94 valence electrons. The third kappa shape index (κ3) is 4.21. The maximum atomic E-state index is 5.39. The second-order valence-corrected chi connectivity index (χ2v) is 4.62. The molecule has 2 rings (SSSR count). The van der Waals surface area contributed by atoms with Crippen molar-refractivity contribution in [3.8, 4) is 5.88 Å². The smallest absolute Gasteiger partial charge is 0.226 e. The predicted octanol–water partition coefficient (Wildman–Crippen LogP) is 2.79. The van der Waals surface area contributed by atoms with Gasteiger partial charge in [0.15, 0.2) is 0 Å². The minimum atomic E-state index is 0.636. The molecule has 0 radical (unpaired) electrons. The molecule has 4 heteroatoms. The molecular weight excluding hydrogens is 214 g/mol. The van der Waals surface area contributed by atoms with Crippen molar-refractivity contribution in [2.24, 2.45) is 5.92 Å². The summed E-state index contributed by atoms with van der Waals surface area (Å²) in [7, 11) is 0. The van der Waals surface area contributed by atoms with E-state index in [-0.39, 0.29) is 0 Å². The van der Waals surface area contributed by atoms with Crippen LogP contribution >= 0.6 is 0 Å². The summed E-state index contributed by atoms with van der Waals surface area (Å²) >= 11 is 0. The quantitative estimate of drug-likeness (QED) is 0.738. The molecule has 4 nitrogen and oxygen atoms in total. The molecule has 0 atom stereocenters. The minimum Gasteiger partial charge on any atom is -0.478 e. The fraction of sp³-hybridized carbons (Fsp3) is 0.692. The Morgan fingerprint density at radius 3 is 2.94 bits per heavy atom. The normalized spacial score (nSPS) is 14.7. The van der Waals surface area contributed by atoms with E-state index < -0.39 is 0 Å². The zero-order valence-corrected chi connectivity index (χ0v) is 10.7. The lowest BCUT2D eigenvalue weighted by atomic mass is 10.2. The highest BCUT2D eigenvalue weighted by Crippen LogP contribution is 2.33. The first-order chi connectivity index (χ1) is 8.28. The van der Waals surface area contributed by atoms with Crippen molar-refractivity contribution in [2.45, 2.75) is 39.5 Å². The van der Waals surface area contributed by atoms with E-state index >= 15 is 0 Å². The minimum absolute atomic E-state index is 0.636. The molecule has 1 N–H and O–H groups in total. The number of anilines is 1. The van der Waals surface area contributed by atoms with Crippen molar-refractivity contribution < 1.29 is 4.74 Å². The van der Waals surface area contributed by atoms with Gasteiger partial charge >= 0.3 is 0 Å². The number of hydrogen-bond acceptors (Lipinski definition) is 4. The molecule has 0 amide bonds. The highest BCUT2D eigenvalue weighted by molar-refractivity contribution is 5.30. The number of aromatic nitrogens is 2. The van der Waals surface area contributed by atoms with Crippen LogP contribution in [0.5, 0.6) is 5.88 Å². The highest BCUT2D eigenvalue weighted by atomic mass is 16.5. The monoisotopic (exact) mass is 235 g/mol. The van der Waals surface area contributed by atoms with Gasteiger partial charge in [-0.15, -0.1) is 0 Å². The van der Waals surface area contributed by atoms with Gasteiger partial charge in [0.05, 0.1) is 6.61 Å². The average Bonchev–Trinajstić information content (AvgIpc) is 3.08. The maximum Gasteiger partial charge on any atom is 0.226 e. The van der Waals surface area contributed by atoms with E-state index in [1.165, 1.54) is 25.7 Å². The van der Waals surface area contributed by atoms with Crippen molar-refractivity contribution >= 4 is 5.95 Å². The van der Waals surface area contributed by atoms with Crippen LogP contribution in [0, 0.1) is 12.8 Å². The van der Waals surface area contributed by atoms with Crippen molar-refractivity contribution in [1.29, 1.82) is 0 Å². The number of hydrogen-bond donors (Lipinski definition) is 1. The van der Waals surface area contributed by atoms with Crippen LogP contribution in [0.1, 0.15) is 38.3 Å². The molecule has 0 unspecified atom stereocenters.